The van der Waals surface area contributed by atoms with E-state index in [-0.39, 0.29) is 6.04 Å². The van der Waals surface area contributed by atoms with E-state index >= 15 is 0 Å². The maximum absolute atomic E-state index is 6.14. The fraction of sp³-hybridized carbons (Fsp3) is 0.583. The first-order chi connectivity index (χ1) is 7.79. The van der Waals surface area contributed by atoms with Gasteiger partial charge in [-0.1, -0.05) is 13.0 Å². The van der Waals surface area contributed by atoms with Crippen LogP contribution in [0.1, 0.15) is 24.2 Å². The van der Waals surface area contributed by atoms with Crippen LogP contribution in [0, 0.1) is 0 Å². The molecule has 1 heterocycles. The molecule has 2 atom stereocenters. The van der Waals surface area contributed by atoms with Crippen LogP contribution < -0.4 is 5.73 Å². The number of hydrogen-bond donors (Lipinski definition) is 1. The first kappa shape index (κ1) is 13.5. The van der Waals surface area contributed by atoms with Crippen LogP contribution in [0.3, 0.4) is 0 Å². The average Bonchev–Trinajstić information content (AvgIpc) is 2.35. The van der Waals surface area contributed by atoms with Crippen LogP contribution in [0.2, 0.25) is 0 Å². The summed E-state index contributed by atoms with van der Waals surface area (Å²) in [5.74, 6) is 0.962. The molecule has 2 unspecified atom stereocenters. The highest BCUT2D eigenvalue weighted by Crippen LogP contribution is 2.31. The Morgan fingerprint density at radius 2 is 2.38 bits per heavy atom. The molecular weight excluding hydrogens is 220 g/mol. The lowest BCUT2D eigenvalue weighted by molar-refractivity contribution is 0.218. The van der Waals surface area contributed by atoms with Gasteiger partial charge in [-0.2, -0.15) is 0 Å². The predicted octanol–water partition coefficient (Wildman–Crippen LogP) is 2.24. The molecule has 1 aromatic rings. The molecule has 0 aliphatic heterocycles. The van der Waals surface area contributed by atoms with E-state index in [1.54, 1.807) is 13.3 Å². The first-order valence-corrected chi connectivity index (χ1v) is 6.60. The lowest BCUT2D eigenvalue weighted by atomic mass is 10.1. The molecule has 0 aliphatic rings. The van der Waals surface area contributed by atoms with Gasteiger partial charge < -0.3 is 10.5 Å². The first-order valence-electron chi connectivity index (χ1n) is 5.55. The summed E-state index contributed by atoms with van der Waals surface area (Å²) in [5.41, 5.74) is 7.35. The lowest BCUT2D eigenvalue weighted by Gasteiger charge is -2.22. The van der Waals surface area contributed by atoms with Crippen molar-refractivity contribution in [3.05, 3.63) is 30.1 Å². The van der Waals surface area contributed by atoms with Crippen LogP contribution in [0.4, 0.5) is 0 Å². The highest BCUT2D eigenvalue weighted by atomic mass is 32.2. The summed E-state index contributed by atoms with van der Waals surface area (Å²) in [6.45, 7) is 2.88. The lowest BCUT2D eigenvalue weighted by Crippen LogP contribution is -2.26. The molecule has 4 heteroatoms. The summed E-state index contributed by atoms with van der Waals surface area (Å²) >= 11 is 1.84. The molecule has 1 aromatic heterocycles. The van der Waals surface area contributed by atoms with Gasteiger partial charge >= 0.3 is 0 Å². The Morgan fingerprint density at radius 1 is 1.56 bits per heavy atom. The van der Waals surface area contributed by atoms with Crippen molar-refractivity contribution in [2.45, 2.75) is 24.6 Å². The van der Waals surface area contributed by atoms with E-state index in [9.17, 15) is 0 Å². The summed E-state index contributed by atoms with van der Waals surface area (Å²) in [4.78, 5) is 4.15. The standard InChI is InChI=1S/C12H20N2OS/c1-3-11(13)12(16-8-7-15-2)10-5-4-6-14-9-10/h4-6,9,11-12H,3,7-8,13H2,1-2H3. The van der Waals surface area contributed by atoms with Crippen molar-refractivity contribution in [1.82, 2.24) is 4.98 Å². The molecular formula is C12H20N2OS. The number of methoxy groups -OCH3 is 1. The normalized spacial score (nSPS) is 14.7. The third-order valence-electron chi connectivity index (χ3n) is 2.46. The fourth-order valence-corrected chi connectivity index (χ4v) is 2.77. The zero-order valence-corrected chi connectivity index (χ0v) is 10.7. The van der Waals surface area contributed by atoms with Crippen molar-refractivity contribution >= 4 is 11.8 Å². The minimum Gasteiger partial charge on any atom is -0.384 e. The molecule has 3 nitrogen and oxygen atoms in total. The molecule has 90 valence electrons. The third-order valence-corrected chi connectivity index (χ3v) is 3.84. The Labute approximate surface area is 102 Å². The molecule has 0 amide bonds. The van der Waals surface area contributed by atoms with Gasteiger partial charge in [0.2, 0.25) is 0 Å². The molecule has 1 rings (SSSR count). The van der Waals surface area contributed by atoms with Gasteiger partial charge in [0.05, 0.1) is 6.61 Å². The quantitative estimate of drug-likeness (QED) is 0.743. The van der Waals surface area contributed by atoms with Crippen LogP contribution in [0.15, 0.2) is 24.5 Å². The van der Waals surface area contributed by atoms with Gasteiger partial charge in [-0.25, -0.2) is 0 Å². The van der Waals surface area contributed by atoms with Gasteiger partial charge in [0.15, 0.2) is 0 Å². The van der Waals surface area contributed by atoms with Gasteiger partial charge in [-0.05, 0) is 18.1 Å². The maximum atomic E-state index is 6.14. The summed E-state index contributed by atoms with van der Waals surface area (Å²) < 4.78 is 5.06. The smallest absolute Gasteiger partial charge is 0.0553 e. The number of hydrogen-bond acceptors (Lipinski definition) is 4. The van der Waals surface area contributed by atoms with Gasteiger partial charge in [-0.3, -0.25) is 4.98 Å². The largest absolute Gasteiger partial charge is 0.384 e. The van der Waals surface area contributed by atoms with E-state index in [0.29, 0.717) is 5.25 Å². The summed E-state index contributed by atoms with van der Waals surface area (Å²) in [7, 11) is 1.72. The number of pyridine rings is 1. The Balaban J connectivity index is 2.64. The second kappa shape index (κ2) is 7.65. The SMILES string of the molecule is CCC(N)C(SCCOC)c1cccnc1. The van der Waals surface area contributed by atoms with Crippen LogP contribution >= 0.6 is 11.8 Å². The Bertz CT molecular complexity index is 282. The molecule has 0 aromatic carbocycles. The topological polar surface area (TPSA) is 48.1 Å². The Kier molecular flexibility index (Phi) is 6.45. The number of aromatic nitrogens is 1. The summed E-state index contributed by atoms with van der Waals surface area (Å²) in [6, 6.07) is 4.22. The van der Waals surface area contributed by atoms with Crippen molar-refractivity contribution in [2.24, 2.45) is 5.73 Å². The van der Waals surface area contributed by atoms with Crippen molar-refractivity contribution in [3.63, 3.8) is 0 Å². The van der Waals surface area contributed by atoms with Crippen molar-refractivity contribution in [2.75, 3.05) is 19.5 Å². The Morgan fingerprint density at radius 3 is 2.94 bits per heavy atom. The van der Waals surface area contributed by atoms with E-state index in [1.165, 1.54) is 5.56 Å². The summed E-state index contributed by atoms with van der Waals surface area (Å²) in [6.07, 6.45) is 4.66. The van der Waals surface area contributed by atoms with Gasteiger partial charge in [0, 0.05) is 36.5 Å². The number of nitrogens with zero attached hydrogens (tertiary/aromatic N) is 1. The molecule has 0 radical (unpaired) electrons. The molecule has 0 aliphatic carbocycles. The molecule has 0 bridgehead atoms. The van der Waals surface area contributed by atoms with Crippen LogP contribution in [-0.4, -0.2) is 30.5 Å². The Hall–Kier alpha value is -0.580. The zero-order chi connectivity index (χ0) is 11.8. The van der Waals surface area contributed by atoms with E-state index in [4.69, 9.17) is 10.5 Å². The van der Waals surface area contributed by atoms with E-state index in [0.717, 1.165) is 18.8 Å². The molecule has 0 saturated heterocycles. The minimum absolute atomic E-state index is 0.172. The number of thioether (sulfide) groups is 1. The minimum atomic E-state index is 0.172. The van der Waals surface area contributed by atoms with E-state index < -0.39 is 0 Å². The monoisotopic (exact) mass is 240 g/mol. The molecule has 2 N–H and O–H groups in total. The van der Waals surface area contributed by atoms with Gasteiger partial charge in [0.1, 0.15) is 0 Å². The van der Waals surface area contributed by atoms with Crippen LogP contribution in [-0.2, 0) is 4.74 Å². The number of nitrogens with two attached hydrogens (primary N) is 1. The summed E-state index contributed by atoms with van der Waals surface area (Å²) in [5, 5.41) is 0.314. The van der Waals surface area contributed by atoms with Crippen molar-refractivity contribution in [1.29, 1.82) is 0 Å². The molecule has 0 fully saturated rings. The van der Waals surface area contributed by atoms with Gasteiger partial charge in [0.25, 0.3) is 0 Å². The third kappa shape index (κ3) is 4.12. The zero-order valence-electron chi connectivity index (χ0n) is 9.93. The molecule has 0 saturated carbocycles. The van der Waals surface area contributed by atoms with Crippen molar-refractivity contribution < 1.29 is 4.74 Å². The maximum Gasteiger partial charge on any atom is 0.0553 e. The fourth-order valence-electron chi connectivity index (χ4n) is 1.48. The molecule has 0 spiro atoms. The predicted molar refractivity (Wildman–Crippen MR) is 69.6 cm³/mol. The average molecular weight is 240 g/mol. The molecule has 16 heavy (non-hydrogen) atoms. The number of rotatable bonds is 7. The van der Waals surface area contributed by atoms with E-state index in [2.05, 4.69) is 18.0 Å². The van der Waals surface area contributed by atoms with Crippen LogP contribution in [0.25, 0.3) is 0 Å². The highest BCUT2D eigenvalue weighted by molar-refractivity contribution is 7.99. The van der Waals surface area contributed by atoms with Crippen molar-refractivity contribution in [3.8, 4) is 0 Å². The number of ether oxygens (including phenoxy) is 1. The highest BCUT2D eigenvalue weighted by Gasteiger charge is 2.18. The van der Waals surface area contributed by atoms with Gasteiger partial charge in [-0.15, -0.1) is 11.8 Å². The second-order valence-electron chi connectivity index (χ2n) is 3.64. The van der Waals surface area contributed by atoms with E-state index in [1.807, 2.05) is 24.0 Å². The van der Waals surface area contributed by atoms with Crippen LogP contribution in [0.5, 0.6) is 0 Å². The second-order valence-corrected chi connectivity index (χ2v) is 4.89.